The van der Waals surface area contributed by atoms with Crippen molar-refractivity contribution in [3.63, 3.8) is 0 Å². The van der Waals surface area contributed by atoms with Gasteiger partial charge in [0.25, 0.3) is 0 Å². The number of unbranched alkanes of at least 4 members (excludes halogenated alkanes) is 44. The molecule has 0 rings (SSSR count). The Hall–Kier alpha value is -2.46. The highest BCUT2D eigenvalue weighted by Crippen LogP contribution is 2.45. The van der Waals surface area contributed by atoms with Crippen molar-refractivity contribution in [1.29, 1.82) is 0 Å². The first kappa shape index (κ1) is 97.5. The number of aliphatic hydroxyl groups is 1. The summed E-state index contributed by atoms with van der Waals surface area (Å²) in [5.74, 6) is -0.649. The monoisotopic (exact) mass is 1460 g/mol. The van der Waals surface area contributed by atoms with Crippen molar-refractivity contribution < 1.29 is 80.2 Å². The standard InChI is InChI=1S/C81H154O17P2/c1-7-10-12-14-16-18-20-22-24-25-26-27-28-29-31-33-37-41-45-53-59-65-80(85)97-76(69-91-78(83)63-57-51-44-40-36-32-30-23-21-19-17-15-13-11-8-2)71-95-99(87,88)93-67-75(82)68-94-100(89,90)96-72-77(70-92-79(84)64-58-52-48-47-50-56-62-74(6)9-3)98-81(86)66-60-54-46-42-38-34-35-39-43-49-55-61-73(4)5/h19,21,23,30,73-77,82H,7-18,20,22,24-29,31-72H2,1-6H3,(H,87,88)(H,89,90)/b21-19-,30-23-/t74?,75-,76-,77-/m1/s1. The quantitative estimate of drug-likeness (QED) is 0.0169. The largest absolute Gasteiger partial charge is 0.472 e. The fourth-order valence-corrected chi connectivity index (χ4v) is 13.5. The van der Waals surface area contributed by atoms with Crippen LogP contribution >= 0.6 is 15.6 Å². The summed E-state index contributed by atoms with van der Waals surface area (Å²) in [6, 6.07) is 0. The number of rotatable bonds is 78. The molecule has 17 nitrogen and oxygen atoms in total. The summed E-state index contributed by atoms with van der Waals surface area (Å²) in [5, 5.41) is 10.6. The lowest BCUT2D eigenvalue weighted by Gasteiger charge is -2.21. The van der Waals surface area contributed by atoms with Crippen LogP contribution in [0.1, 0.15) is 401 Å². The Morgan fingerprint density at radius 2 is 0.590 bits per heavy atom. The summed E-state index contributed by atoms with van der Waals surface area (Å²) in [4.78, 5) is 73.0. The molecule has 0 bridgehead atoms. The lowest BCUT2D eigenvalue weighted by molar-refractivity contribution is -0.161. The third-order valence-corrected chi connectivity index (χ3v) is 20.6. The lowest BCUT2D eigenvalue weighted by atomic mass is 10.00. The summed E-state index contributed by atoms with van der Waals surface area (Å²) in [6.45, 7) is 9.52. The van der Waals surface area contributed by atoms with Gasteiger partial charge in [-0.25, -0.2) is 9.13 Å². The average Bonchev–Trinajstić information content (AvgIpc) is 0.939. The van der Waals surface area contributed by atoms with Gasteiger partial charge >= 0.3 is 39.5 Å². The van der Waals surface area contributed by atoms with Gasteiger partial charge in [-0.1, -0.05) is 348 Å². The maximum atomic E-state index is 13.1. The molecular formula is C81H154O17P2. The molecule has 6 atom stereocenters. The van der Waals surface area contributed by atoms with Crippen LogP contribution in [0.4, 0.5) is 0 Å². The molecule has 0 aromatic rings. The number of hydrogen-bond acceptors (Lipinski definition) is 15. The molecule has 0 heterocycles. The van der Waals surface area contributed by atoms with Crippen molar-refractivity contribution in [2.75, 3.05) is 39.6 Å². The molecule has 0 aliphatic rings. The van der Waals surface area contributed by atoms with Gasteiger partial charge in [-0.05, 0) is 63.2 Å². The zero-order valence-corrected chi connectivity index (χ0v) is 66.8. The number of carbonyl (C=O) groups is 4. The number of esters is 4. The molecule has 100 heavy (non-hydrogen) atoms. The third-order valence-electron chi connectivity index (χ3n) is 18.7. The molecule has 19 heteroatoms. The summed E-state index contributed by atoms with van der Waals surface area (Å²) in [5.41, 5.74) is 0. The van der Waals surface area contributed by atoms with E-state index in [1.807, 2.05) is 0 Å². The predicted octanol–water partition coefficient (Wildman–Crippen LogP) is 23.8. The second kappa shape index (κ2) is 72.1. The van der Waals surface area contributed by atoms with E-state index in [0.717, 1.165) is 127 Å². The molecule has 0 fully saturated rings. The Bertz CT molecular complexity index is 2020. The smallest absolute Gasteiger partial charge is 0.462 e. The maximum Gasteiger partial charge on any atom is 0.472 e. The van der Waals surface area contributed by atoms with Gasteiger partial charge in [0.1, 0.15) is 19.3 Å². The molecule has 0 aliphatic heterocycles. The molecule has 0 spiro atoms. The molecule has 590 valence electrons. The fraction of sp³-hybridized carbons (Fsp3) is 0.901. The summed E-state index contributed by atoms with van der Waals surface area (Å²) >= 11 is 0. The van der Waals surface area contributed by atoms with E-state index in [0.29, 0.717) is 25.7 Å². The Morgan fingerprint density at radius 3 is 0.900 bits per heavy atom. The van der Waals surface area contributed by atoms with Crippen LogP contribution in [0.5, 0.6) is 0 Å². The number of phosphoric ester groups is 2. The van der Waals surface area contributed by atoms with E-state index >= 15 is 0 Å². The van der Waals surface area contributed by atoms with Crippen LogP contribution in [0.3, 0.4) is 0 Å². The minimum atomic E-state index is -4.97. The highest BCUT2D eigenvalue weighted by molar-refractivity contribution is 7.47. The highest BCUT2D eigenvalue weighted by Gasteiger charge is 2.30. The van der Waals surface area contributed by atoms with Gasteiger partial charge < -0.3 is 33.8 Å². The first-order valence-electron chi connectivity index (χ1n) is 41.3. The highest BCUT2D eigenvalue weighted by atomic mass is 31.2. The van der Waals surface area contributed by atoms with Crippen LogP contribution in [0.25, 0.3) is 0 Å². The number of hydrogen-bond donors (Lipinski definition) is 3. The Labute approximate surface area is 612 Å². The van der Waals surface area contributed by atoms with Crippen molar-refractivity contribution in [3.05, 3.63) is 24.3 Å². The molecular weight excluding hydrogens is 1310 g/mol. The normalized spacial score (nSPS) is 14.3. The van der Waals surface area contributed by atoms with E-state index in [4.69, 9.17) is 37.0 Å². The molecule has 0 aromatic carbocycles. The Morgan fingerprint density at radius 1 is 0.330 bits per heavy atom. The van der Waals surface area contributed by atoms with Crippen LogP contribution in [-0.4, -0.2) is 96.7 Å². The predicted molar refractivity (Wildman–Crippen MR) is 409 cm³/mol. The van der Waals surface area contributed by atoms with E-state index in [1.54, 1.807) is 0 Å². The fourth-order valence-electron chi connectivity index (χ4n) is 12.0. The molecule has 3 N–H and O–H groups in total. The van der Waals surface area contributed by atoms with E-state index in [-0.39, 0.29) is 25.7 Å². The van der Waals surface area contributed by atoms with Crippen molar-refractivity contribution in [1.82, 2.24) is 0 Å². The van der Waals surface area contributed by atoms with Crippen molar-refractivity contribution in [2.45, 2.75) is 419 Å². The SMILES string of the molecule is CCCCCC/C=C\C=C/CCCCCCCC(=O)OC[C@H](COP(=O)(O)OC[C@@H](O)COP(=O)(O)OC[C@@H](COC(=O)CCCCCCCCC(C)CC)OC(=O)CCCCCCCCCCCCCC(C)C)OC(=O)CCCCCCCCCCCCCCCCCCCCCCC. The molecule has 0 aliphatic carbocycles. The molecule has 0 radical (unpaired) electrons. The van der Waals surface area contributed by atoms with Crippen molar-refractivity contribution in [2.24, 2.45) is 11.8 Å². The van der Waals surface area contributed by atoms with Crippen LogP contribution in [-0.2, 0) is 65.4 Å². The summed E-state index contributed by atoms with van der Waals surface area (Å²) in [6.07, 6.45) is 64.8. The minimum Gasteiger partial charge on any atom is -0.462 e. The number of allylic oxidation sites excluding steroid dienone is 4. The second-order valence-corrected chi connectivity index (χ2v) is 32.1. The van der Waals surface area contributed by atoms with Gasteiger partial charge in [-0.2, -0.15) is 0 Å². The molecule has 0 amide bonds. The van der Waals surface area contributed by atoms with Gasteiger partial charge in [-0.3, -0.25) is 37.3 Å². The third kappa shape index (κ3) is 72.5. The van der Waals surface area contributed by atoms with Gasteiger partial charge in [-0.15, -0.1) is 0 Å². The maximum absolute atomic E-state index is 13.1. The van der Waals surface area contributed by atoms with E-state index in [1.165, 1.54) is 193 Å². The van der Waals surface area contributed by atoms with Gasteiger partial charge in [0.2, 0.25) is 0 Å². The molecule has 3 unspecified atom stereocenters. The number of aliphatic hydroxyl groups excluding tert-OH is 1. The second-order valence-electron chi connectivity index (χ2n) is 29.2. The number of carbonyl (C=O) groups excluding carboxylic acids is 4. The van der Waals surface area contributed by atoms with Gasteiger partial charge in [0.05, 0.1) is 26.4 Å². The minimum absolute atomic E-state index is 0.102. The summed E-state index contributed by atoms with van der Waals surface area (Å²) < 4.78 is 68.6. The Balaban J connectivity index is 5.26. The topological polar surface area (TPSA) is 237 Å². The van der Waals surface area contributed by atoms with Gasteiger partial charge in [0, 0.05) is 25.7 Å². The van der Waals surface area contributed by atoms with E-state index in [9.17, 15) is 43.2 Å². The molecule has 0 saturated carbocycles. The van der Waals surface area contributed by atoms with Crippen LogP contribution in [0, 0.1) is 11.8 Å². The molecule has 0 saturated heterocycles. The molecule has 0 aromatic heterocycles. The number of ether oxygens (including phenoxy) is 4. The van der Waals surface area contributed by atoms with E-state index < -0.39 is 97.5 Å². The van der Waals surface area contributed by atoms with Crippen LogP contribution in [0.15, 0.2) is 24.3 Å². The summed E-state index contributed by atoms with van der Waals surface area (Å²) in [7, 11) is -9.93. The van der Waals surface area contributed by atoms with Crippen LogP contribution in [0.2, 0.25) is 0 Å². The zero-order chi connectivity index (χ0) is 73.5. The van der Waals surface area contributed by atoms with Crippen molar-refractivity contribution >= 4 is 39.5 Å². The first-order valence-corrected chi connectivity index (χ1v) is 44.3. The Kier molecular flexibility index (Phi) is 70.3. The van der Waals surface area contributed by atoms with Crippen molar-refractivity contribution in [3.8, 4) is 0 Å². The average molecular weight is 1460 g/mol. The first-order chi connectivity index (χ1) is 48.4. The lowest BCUT2D eigenvalue weighted by Crippen LogP contribution is -2.30. The van der Waals surface area contributed by atoms with Gasteiger partial charge in [0.15, 0.2) is 12.2 Å². The zero-order valence-electron chi connectivity index (χ0n) is 65.0. The van der Waals surface area contributed by atoms with E-state index in [2.05, 4.69) is 65.8 Å². The van der Waals surface area contributed by atoms with Crippen LogP contribution < -0.4 is 0 Å². The number of phosphoric acid groups is 2.